The summed E-state index contributed by atoms with van der Waals surface area (Å²) < 4.78 is 0. The normalized spacial score (nSPS) is 10.6. The molecule has 0 bridgehead atoms. The predicted molar refractivity (Wildman–Crippen MR) is 69.9 cm³/mol. The number of hydrogen-bond donors (Lipinski definition) is 1. The molecule has 0 saturated heterocycles. The van der Waals surface area contributed by atoms with Gasteiger partial charge in [0.25, 0.3) is 0 Å². The van der Waals surface area contributed by atoms with Gasteiger partial charge in [0, 0.05) is 0 Å². The Bertz CT molecular complexity index is 284. The average Bonchev–Trinajstić information content (AvgIpc) is 2.22. The van der Waals surface area contributed by atoms with E-state index in [0.717, 1.165) is 12.0 Å². The quantitative estimate of drug-likeness (QED) is 0.666. The Balaban J connectivity index is 2.21. The molecule has 90 valence electrons. The van der Waals surface area contributed by atoms with E-state index < -0.39 is 0 Å². The van der Waals surface area contributed by atoms with Gasteiger partial charge in [0.2, 0.25) is 0 Å². The maximum atomic E-state index is 9.47. The number of phenols is 1. The van der Waals surface area contributed by atoms with Crippen LogP contribution in [0.4, 0.5) is 0 Å². The molecule has 0 aliphatic rings. The molecule has 1 nitrogen and oxygen atoms in total. The molecule has 1 aromatic carbocycles. The van der Waals surface area contributed by atoms with Crippen molar-refractivity contribution in [2.45, 2.75) is 58.8 Å². The Labute approximate surface area is 99.5 Å². The molecule has 0 heterocycles. The molecule has 0 aliphatic heterocycles. The zero-order chi connectivity index (χ0) is 11.8. The van der Waals surface area contributed by atoms with Gasteiger partial charge in [0.05, 0.1) is 0 Å². The van der Waals surface area contributed by atoms with Crippen LogP contribution in [0.25, 0.3) is 0 Å². The van der Waals surface area contributed by atoms with Crippen molar-refractivity contribution in [2.75, 3.05) is 0 Å². The predicted octanol–water partition coefficient (Wildman–Crippen LogP) is 4.60. The van der Waals surface area contributed by atoms with E-state index in [4.69, 9.17) is 0 Å². The highest BCUT2D eigenvalue weighted by atomic mass is 16.3. The molecule has 0 aliphatic carbocycles. The maximum Gasteiger partial charge on any atom is 0.116 e. The van der Waals surface area contributed by atoms with E-state index in [1.54, 1.807) is 0 Å². The summed E-state index contributed by atoms with van der Waals surface area (Å²) in [5.74, 6) is 0.404. The fourth-order valence-electron chi connectivity index (χ4n) is 2.09. The van der Waals surface area contributed by atoms with Crippen molar-refractivity contribution in [2.24, 2.45) is 0 Å². The van der Waals surface area contributed by atoms with Crippen molar-refractivity contribution in [3.63, 3.8) is 0 Å². The molecule has 0 amide bonds. The minimum Gasteiger partial charge on any atom is -0.508 e. The van der Waals surface area contributed by atoms with Crippen LogP contribution in [0.1, 0.15) is 56.6 Å². The third-order valence-corrected chi connectivity index (χ3v) is 2.94. The Morgan fingerprint density at radius 3 is 2.31 bits per heavy atom. The molecule has 0 radical (unpaired) electrons. The van der Waals surface area contributed by atoms with Crippen molar-refractivity contribution >= 4 is 0 Å². The van der Waals surface area contributed by atoms with E-state index in [2.05, 4.69) is 13.0 Å². The topological polar surface area (TPSA) is 20.2 Å². The lowest BCUT2D eigenvalue weighted by atomic mass is 10.0. The van der Waals surface area contributed by atoms with Gasteiger partial charge in [-0.3, -0.25) is 0 Å². The number of rotatable bonds is 7. The average molecular weight is 220 g/mol. The van der Waals surface area contributed by atoms with E-state index in [0.29, 0.717) is 5.75 Å². The van der Waals surface area contributed by atoms with Crippen molar-refractivity contribution in [1.82, 2.24) is 0 Å². The van der Waals surface area contributed by atoms with Gasteiger partial charge < -0.3 is 5.11 Å². The number of unbranched alkanes of at least 4 members (excludes halogenated alkanes) is 5. The molecule has 1 rings (SSSR count). The van der Waals surface area contributed by atoms with Crippen LogP contribution in [0.3, 0.4) is 0 Å². The Morgan fingerprint density at radius 1 is 0.938 bits per heavy atom. The molecule has 16 heavy (non-hydrogen) atoms. The first-order valence-corrected chi connectivity index (χ1v) is 6.52. The lowest BCUT2D eigenvalue weighted by molar-refractivity contribution is 0.474. The molecule has 0 saturated carbocycles. The van der Waals surface area contributed by atoms with Crippen LogP contribution in [0, 0.1) is 6.92 Å². The summed E-state index contributed by atoms with van der Waals surface area (Å²) >= 11 is 0. The van der Waals surface area contributed by atoms with Crippen LogP contribution in [-0.2, 0) is 6.42 Å². The summed E-state index contributed by atoms with van der Waals surface area (Å²) in [6, 6.07) is 5.87. The fraction of sp³-hybridized carbons (Fsp3) is 0.600. The van der Waals surface area contributed by atoms with Crippen LogP contribution in [0.5, 0.6) is 5.75 Å². The lowest BCUT2D eigenvalue weighted by Gasteiger charge is -2.04. The molecule has 0 spiro atoms. The standard InChI is InChI=1S/C15H24O/c1-3-4-5-6-7-8-9-14-10-13(2)11-15(16)12-14/h10-12,16H,3-9H2,1-2H3. The second-order valence-corrected chi connectivity index (χ2v) is 4.69. The lowest BCUT2D eigenvalue weighted by Crippen LogP contribution is -1.87. The third-order valence-electron chi connectivity index (χ3n) is 2.94. The zero-order valence-corrected chi connectivity index (χ0v) is 10.6. The maximum absolute atomic E-state index is 9.47. The molecule has 0 atom stereocenters. The van der Waals surface area contributed by atoms with E-state index >= 15 is 0 Å². The molecular weight excluding hydrogens is 196 g/mol. The summed E-state index contributed by atoms with van der Waals surface area (Å²) in [5.41, 5.74) is 2.42. The third kappa shape index (κ3) is 5.20. The van der Waals surface area contributed by atoms with Crippen molar-refractivity contribution < 1.29 is 5.11 Å². The molecular formula is C15H24O. The number of benzene rings is 1. The number of phenolic OH excluding ortho intramolecular Hbond substituents is 1. The Morgan fingerprint density at radius 2 is 1.62 bits per heavy atom. The first kappa shape index (κ1) is 13.1. The van der Waals surface area contributed by atoms with E-state index in [1.165, 1.54) is 44.1 Å². The molecule has 0 unspecified atom stereocenters. The minimum atomic E-state index is 0.404. The van der Waals surface area contributed by atoms with E-state index in [1.807, 2.05) is 19.1 Å². The smallest absolute Gasteiger partial charge is 0.116 e. The SMILES string of the molecule is CCCCCCCCc1cc(C)cc(O)c1. The van der Waals surface area contributed by atoms with Crippen LogP contribution in [0.15, 0.2) is 18.2 Å². The minimum absolute atomic E-state index is 0.404. The number of aromatic hydroxyl groups is 1. The van der Waals surface area contributed by atoms with Gasteiger partial charge in [-0.05, 0) is 43.0 Å². The first-order chi connectivity index (χ1) is 7.72. The highest BCUT2D eigenvalue weighted by Crippen LogP contribution is 2.17. The van der Waals surface area contributed by atoms with Gasteiger partial charge in [-0.2, -0.15) is 0 Å². The molecule has 0 fully saturated rings. The molecule has 1 heteroatoms. The summed E-state index contributed by atoms with van der Waals surface area (Å²) in [7, 11) is 0. The summed E-state index contributed by atoms with van der Waals surface area (Å²) in [4.78, 5) is 0. The summed E-state index contributed by atoms with van der Waals surface area (Å²) in [6.45, 7) is 4.28. The second-order valence-electron chi connectivity index (χ2n) is 4.69. The van der Waals surface area contributed by atoms with Gasteiger partial charge in [-0.1, -0.05) is 45.1 Å². The summed E-state index contributed by atoms with van der Waals surface area (Å²) in [5, 5.41) is 9.47. The summed E-state index contributed by atoms with van der Waals surface area (Å²) in [6.07, 6.45) is 9.06. The van der Waals surface area contributed by atoms with Crippen LogP contribution < -0.4 is 0 Å². The second kappa shape index (κ2) is 7.32. The fourth-order valence-corrected chi connectivity index (χ4v) is 2.09. The van der Waals surface area contributed by atoms with E-state index in [9.17, 15) is 5.11 Å². The largest absolute Gasteiger partial charge is 0.508 e. The van der Waals surface area contributed by atoms with Crippen molar-refractivity contribution in [1.29, 1.82) is 0 Å². The van der Waals surface area contributed by atoms with Crippen LogP contribution in [0.2, 0.25) is 0 Å². The first-order valence-electron chi connectivity index (χ1n) is 6.52. The van der Waals surface area contributed by atoms with Gasteiger partial charge in [-0.15, -0.1) is 0 Å². The van der Waals surface area contributed by atoms with Crippen LogP contribution in [-0.4, -0.2) is 5.11 Å². The zero-order valence-electron chi connectivity index (χ0n) is 10.6. The van der Waals surface area contributed by atoms with Crippen LogP contribution >= 0.6 is 0 Å². The van der Waals surface area contributed by atoms with Gasteiger partial charge in [-0.25, -0.2) is 0 Å². The van der Waals surface area contributed by atoms with E-state index in [-0.39, 0.29) is 0 Å². The molecule has 0 aromatic heterocycles. The Hall–Kier alpha value is -0.980. The number of aryl methyl sites for hydroxylation is 2. The monoisotopic (exact) mass is 220 g/mol. The highest BCUT2D eigenvalue weighted by Gasteiger charge is 1.97. The molecule has 1 N–H and O–H groups in total. The Kier molecular flexibility index (Phi) is 5.99. The van der Waals surface area contributed by atoms with Crippen molar-refractivity contribution in [3.05, 3.63) is 29.3 Å². The van der Waals surface area contributed by atoms with Crippen molar-refractivity contribution in [3.8, 4) is 5.75 Å². The van der Waals surface area contributed by atoms with Gasteiger partial charge in [0.1, 0.15) is 5.75 Å². The highest BCUT2D eigenvalue weighted by molar-refractivity contribution is 5.32. The van der Waals surface area contributed by atoms with Gasteiger partial charge >= 0.3 is 0 Å². The number of hydrogen-bond acceptors (Lipinski definition) is 1. The molecule has 1 aromatic rings. The van der Waals surface area contributed by atoms with Gasteiger partial charge in [0.15, 0.2) is 0 Å².